The van der Waals surface area contributed by atoms with Crippen molar-refractivity contribution in [2.45, 2.75) is 13.8 Å². The summed E-state index contributed by atoms with van der Waals surface area (Å²) in [5.74, 6) is -1.13. The van der Waals surface area contributed by atoms with E-state index in [0.717, 1.165) is 29.9 Å². The Balaban J connectivity index is 1.52. The standard InChI is InChI=1S/C32H22O4S2/c1-5-9-23-21(7-3)29(33)25(31(23)35)15-19-11-17-13-28-18(14-27(17)37-19)12-20(38-28)16-26-30(34)22(8-4)24(10-6-2)32(26)36/h5-16H,1-2H2,3-4H3/b21-7+,22-8+,23-9+,24-10+,25-15-,26-16+. The highest BCUT2D eigenvalue weighted by atomic mass is 32.1. The van der Waals surface area contributed by atoms with Gasteiger partial charge in [-0.2, -0.15) is 0 Å². The van der Waals surface area contributed by atoms with E-state index in [1.54, 1.807) is 50.3 Å². The predicted molar refractivity (Wildman–Crippen MR) is 157 cm³/mol. The van der Waals surface area contributed by atoms with Crippen LogP contribution in [0.5, 0.6) is 0 Å². The molecule has 5 rings (SSSR count). The molecular formula is C32H22O4S2. The molecule has 6 heteroatoms. The van der Waals surface area contributed by atoms with Crippen LogP contribution in [0.4, 0.5) is 0 Å². The van der Waals surface area contributed by atoms with Gasteiger partial charge in [-0.25, -0.2) is 0 Å². The zero-order chi connectivity index (χ0) is 27.1. The molecule has 2 saturated carbocycles. The van der Waals surface area contributed by atoms with Crippen LogP contribution in [0.25, 0.3) is 32.3 Å². The molecule has 0 bridgehead atoms. The van der Waals surface area contributed by atoms with Gasteiger partial charge in [0.25, 0.3) is 0 Å². The molecule has 38 heavy (non-hydrogen) atoms. The number of carbonyl (C=O) groups excluding carboxylic acids is 4. The quantitative estimate of drug-likeness (QED) is 0.260. The Kier molecular flexibility index (Phi) is 6.61. The molecule has 2 heterocycles. The van der Waals surface area contributed by atoms with Crippen molar-refractivity contribution in [2.24, 2.45) is 0 Å². The Labute approximate surface area is 227 Å². The molecule has 0 radical (unpaired) electrons. The Morgan fingerprint density at radius 2 is 0.921 bits per heavy atom. The van der Waals surface area contributed by atoms with Gasteiger partial charge >= 0.3 is 0 Å². The van der Waals surface area contributed by atoms with E-state index >= 15 is 0 Å². The van der Waals surface area contributed by atoms with Crippen LogP contribution in [0.15, 0.2) is 107 Å². The average molecular weight is 535 g/mol. The van der Waals surface area contributed by atoms with Gasteiger partial charge in [0.2, 0.25) is 0 Å². The van der Waals surface area contributed by atoms with E-state index in [2.05, 4.69) is 13.2 Å². The van der Waals surface area contributed by atoms with Gasteiger partial charge in [-0.1, -0.05) is 49.6 Å². The molecule has 2 aliphatic rings. The van der Waals surface area contributed by atoms with E-state index in [1.165, 1.54) is 34.8 Å². The Morgan fingerprint density at radius 1 is 0.553 bits per heavy atom. The number of hydrogen-bond donors (Lipinski definition) is 0. The molecule has 2 fully saturated rings. The molecule has 0 N–H and O–H groups in total. The maximum atomic E-state index is 12.9. The second-order valence-corrected chi connectivity index (χ2v) is 10.9. The first kappa shape index (κ1) is 25.4. The van der Waals surface area contributed by atoms with Crippen LogP contribution in [0.1, 0.15) is 23.6 Å². The summed E-state index contributed by atoms with van der Waals surface area (Å²) in [6.45, 7) is 10.8. The molecule has 2 aliphatic carbocycles. The van der Waals surface area contributed by atoms with Crippen molar-refractivity contribution >= 4 is 78.1 Å². The monoisotopic (exact) mass is 534 g/mol. The third-order valence-corrected chi connectivity index (χ3v) is 8.54. The number of hydrogen-bond acceptors (Lipinski definition) is 6. The first-order valence-electron chi connectivity index (χ1n) is 11.9. The number of thiophene rings is 2. The van der Waals surface area contributed by atoms with Crippen LogP contribution in [0.3, 0.4) is 0 Å². The van der Waals surface area contributed by atoms with Crippen LogP contribution in [0.2, 0.25) is 0 Å². The van der Waals surface area contributed by atoms with Crippen molar-refractivity contribution < 1.29 is 19.2 Å². The van der Waals surface area contributed by atoms with Gasteiger partial charge in [-0.05, 0) is 61.0 Å². The van der Waals surface area contributed by atoms with E-state index in [9.17, 15) is 19.2 Å². The minimum absolute atomic E-state index is 0.157. The van der Waals surface area contributed by atoms with E-state index in [-0.39, 0.29) is 34.3 Å². The molecule has 3 aromatic rings. The lowest BCUT2D eigenvalue weighted by atomic mass is 10.1. The maximum absolute atomic E-state index is 12.9. The van der Waals surface area contributed by atoms with Crippen molar-refractivity contribution in [3.05, 3.63) is 117 Å². The molecule has 4 nitrogen and oxygen atoms in total. The van der Waals surface area contributed by atoms with Crippen molar-refractivity contribution in [2.75, 3.05) is 0 Å². The fourth-order valence-corrected chi connectivity index (χ4v) is 6.79. The Morgan fingerprint density at radius 3 is 1.26 bits per heavy atom. The van der Waals surface area contributed by atoms with Gasteiger partial charge in [-0.3, -0.25) is 19.2 Å². The summed E-state index contributed by atoms with van der Waals surface area (Å²) in [5, 5.41) is 1.98. The molecule has 0 amide bonds. The number of Topliss-reactive ketones (excluding diaryl/α,β-unsaturated/α-hetero) is 4. The van der Waals surface area contributed by atoms with E-state index < -0.39 is 0 Å². The van der Waals surface area contributed by atoms with Crippen LogP contribution in [-0.2, 0) is 19.2 Å². The highest BCUT2D eigenvalue weighted by Crippen LogP contribution is 2.38. The van der Waals surface area contributed by atoms with Crippen LogP contribution in [-0.4, -0.2) is 23.1 Å². The molecule has 186 valence electrons. The Bertz CT molecular complexity index is 1640. The molecule has 1 aromatic carbocycles. The zero-order valence-corrected chi connectivity index (χ0v) is 22.4. The van der Waals surface area contributed by atoms with Gasteiger partial charge in [-0.15, -0.1) is 22.7 Å². The normalized spacial score (nSPS) is 22.7. The van der Waals surface area contributed by atoms with Crippen LogP contribution in [0, 0.1) is 0 Å². The first-order chi connectivity index (χ1) is 18.3. The summed E-state index contributed by atoms with van der Waals surface area (Å²) in [7, 11) is 0. The smallest absolute Gasteiger partial charge is 0.197 e. The summed E-state index contributed by atoms with van der Waals surface area (Å²) in [5.41, 5.74) is 1.86. The van der Waals surface area contributed by atoms with Crippen molar-refractivity contribution in [3.8, 4) is 0 Å². The summed E-state index contributed by atoms with van der Waals surface area (Å²) in [4.78, 5) is 53.0. The lowest BCUT2D eigenvalue weighted by Gasteiger charge is -1.92. The van der Waals surface area contributed by atoms with E-state index in [1.807, 2.05) is 24.3 Å². The van der Waals surface area contributed by atoms with Gasteiger partial charge in [0.1, 0.15) is 0 Å². The van der Waals surface area contributed by atoms with Gasteiger partial charge in [0.05, 0.1) is 11.1 Å². The number of rotatable bonds is 4. The van der Waals surface area contributed by atoms with Gasteiger partial charge in [0, 0.05) is 41.4 Å². The number of carbonyl (C=O) groups is 4. The van der Waals surface area contributed by atoms with E-state index in [4.69, 9.17) is 0 Å². The molecule has 0 spiro atoms. The average Bonchev–Trinajstić information content (AvgIpc) is 3.59. The van der Waals surface area contributed by atoms with Gasteiger partial charge in [0.15, 0.2) is 23.1 Å². The lowest BCUT2D eigenvalue weighted by Crippen LogP contribution is -1.99. The van der Waals surface area contributed by atoms with E-state index in [0.29, 0.717) is 22.3 Å². The first-order valence-corrected chi connectivity index (χ1v) is 13.5. The van der Waals surface area contributed by atoms with Crippen LogP contribution < -0.4 is 0 Å². The SMILES string of the molecule is C=C/C=C1/C(=O)/C(=C\c2cc3cc4sc(/C=C5\C(=O)C(=C/C)/C(=C\C=C)C5=O)cc4cc3s2)C(=O)/C1=C/C. The summed E-state index contributed by atoms with van der Waals surface area (Å²) < 4.78 is 2.01. The topological polar surface area (TPSA) is 68.3 Å². The molecule has 0 saturated heterocycles. The minimum atomic E-state index is -0.290. The lowest BCUT2D eigenvalue weighted by molar-refractivity contribution is -0.116. The maximum Gasteiger partial charge on any atom is 0.197 e. The number of allylic oxidation sites excluding steroid dienone is 12. The van der Waals surface area contributed by atoms with Crippen molar-refractivity contribution in [1.29, 1.82) is 0 Å². The van der Waals surface area contributed by atoms with Crippen molar-refractivity contribution in [3.63, 3.8) is 0 Å². The predicted octanol–water partition coefficient (Wildman–Crippen LogP) is 7.30. The summed E-state index contributed by atoms with van der Waals surface area (Å²) >= 11 is 2.99. The molecular weight excluding hydrogens is 512 g/mol. The number of fused-ring (bicyclic) bond motifs is 2. The molecule has 0 unspecified atom stereocenters. The highest BCUT2D eigenvalue weighted by molar-refractivity contribution is 7.21. The zero-order valence-electron chi connectivity index (χ0n) is 20.8. The largest absolute Gasteiger partial charge is 0.288 e. The summed E-state index contributed by atoms with van der Waals surface area (Å²) in [6.07, 6.45) is 12.8. The molecule has 0 atom stereocenters. The third-order valence-electron chi connectivity index (χ3n) is 6.45. The second-order valence-electron chi connectivity index (χ2n) is 8.69. The van der Waals surface area contributed by atoms with Crippen LogP contribution >= 0.6 is 22.7 Å². The molecule has 2 aromatic heterocycles. The van der Waals surface area contributed by atoms with Crippen molar-refractivity contribution in [1.82, 2.24) is 0 Å². The fourth-order valence-electron chi connectivity index (χ4n) is 4.72. The number of benzene rings is 1. The third kappa shape index (κ3) is 4.08. The fraction of sp³-hybridized carbons (Fsp3) is 0.0625. The van der Waals surface area contributed by atoms with Gasteiger partial charge < -0.3 is 0 Å². The number of ketones is 4. The highest BCUT2D eigenvalue weighted by Gasteiger charge is 2.36. The molecule has 0 aliphatic heterocycles. The second kappa shape index (κ2) is 9.89. The minimum Gasteiger partial charge on any atom is -0.288 e. The Hall–Kier alpha value is -4.26. The summed E-state index contributed by atoms with van der Waals surface area (Å²) in [6, 6.07) is 8.02.